The fraction of sp³-hybridized carbons (Fsp3) is 0.160. The molecule has 1 N–H and O–H groups in total. The average Bonchev–Trinajstić information content (AvgIpc) is 2.76. The topological polar surface area (TPSA) is 72.5 Å². The molecule has 0 unspecified atom stereocenters. The van der Waals surface area contributed by atoms with Crippen molar-refractivity contribution in [1.29, 1.82) is 0 Å². The summed E-state index contributed by atoms with van der Waals surface area (Å²) in [6.07, 6.45) is -0.970. The summed E-state index contributed by atoms with van der Waals surface area (Å²) in [5, 5.41) is 2.82. The molecule has 5 heteroatoms. The number of aryl methyl sites for hydroxylation is 2. The van der Waals surface area contributed by atoms with Gasteiger partial charge in [0.15, 0.2) is 11.9 Å². The number of hydrogen-bond donors (Lipinski definition) is 1. The first-order chi connectivity index (χ1) is 14.4. The number of hydrogen-bond acceptors (Lipinski definition) is 4. The van der Waals surface area contributed by atoms with Crippen LogP contribution in [-0.4, -0.2) is 23.8 Å². The molecule has 152 valence electrons. The first-order valence-electron chi connectivity index (χ1n) is 9.64. The highest BCUT2D eigenvalue weighted by Gasteiger charge is 2.20. The molecule has 0 saturated carbocycles. The van der Waals surface area contributed by atoms with Crippen LogP contribution in [0.4, 0.5) is 5.69 Å². The Hall–Kier alpha value is -3.73. The second-order valence-electron chi connectivity index (χ2n) is 7.08. The summed E-state index contributed by atoms with van der Waals surface area (Å²) in [6.45, 7) is 5.32. The molecule has 0 saturated heterocycles. The molecular weight excluding hydrogens is 378 g/mol. The Morgan fingerprint density at radius 1 is 0.733 bits per heavy atom. The maximum absolute atomic E-state index is 12.5. The molecule has 3 rings (SSSR count). The summed E-state index contributed by atoms with van der Waals surface area (Å²) in [4.78, 5) is 37.3. The van der Waals surface area contributed by atoms with Gasteiger partial charge in [-0.2, -0.15) is 0 Å². The van der Waals surface area contributed by atoms with Crippen molar-refractivity contribution in [1.82, 2.24) is 0 Å². The highest BCUT2D eigenvalue weighted by atomic mass is 16.5. The average molecular weight is 401 g/mol. The number of rotatable bonds is 6. The smallest absolute Gasteiger partial charge is 0.338 e. The van der Waals surface area contributed by atoms with E-state index in [1.54, 1.807) is 36.4 Å². The summed E-state index contributed by atoms with van der Waals surface area (Å²) in [5.74, 6) is -1.16. The third kappa shape index (κ3) is 4.81. The van der Waals surface area contributed by atoms with Crippen LogP contribution in [0.5, 0.6) is 0 Å². The number of nitrogens with one attached hydrogen (secondary N) is 1. The zero-order valence-corrected chi connectivity index (χ0v) is 17.1. The SMILES string of the molecule is Cc1cccc(C)c1NC(=O)[C@H](C)OC(=O)c1ccc(C(=O)c2ccccc2)cc1. The number of carbonyl (C=O) groups excluding carboxylic acids is 3. The highest BCUT2D eigenvalue weighted by molar-refractivity contribution is 6.09. The standard InChI is InChI=1S/C25H23NO4/c1-16-8-7-9-17(2)22(16)26-24(28)18(3)30-25(29)21-14-12-20(13-15-21)23(27)19-10-5-4-6-11-19/h4-15,18H,1-3H3,(H,26,28)/t18-/m0/s1. The molecule has 0 aliphatic rings. The molecule has 0 aliphatic heterocycles. The maximum atomic E-state index is 12.5. The quantitative estimate of drug-likeness (QED) is 0.479. The van der Waals surface area contributed by atoms with Gasteiger partial charge in [0, 0.05) is 16.8 Å². The van der Waals surface area contributed by atoms with Gasteiger partial charge in [-0.1, -0.05) is 60.7 Å². The fourth-order valence-electron chi connectivity index (χ4n) is 3.03. The van der Waals surface area contributed by atoms with Crippen molar-refractivity contribution in [3.05, 3.63) is 101 Å². The van der Waals surface area contributed by atoms with E-state index in [2.05, 4.69) is 5.32 Å². The predicted molar refractivity (Wildman–Crippen MR) is 116 cm³/mol. The molecule has 0 spiro atoms. The summed E-state index contributed by atoms with van der Waals surface area (Å²) in [5.41, 5.74) is 3.89. The van der Waals surface area contributed by atoms with E-state index < -0.39 is 18.0 Å². The van der Waals surface area contributed by atoms with Crippen LogP contribution in [0.1, 0.15) is 44.3 Å². The first-order valence-corrected chi connectivity index (χ1v) is 9.64. The lowest BCUT2D eigenvalue weighted by Gasteiger charge is -2.16. The summed E-state index contributed by atoms with van der Waals surface area (Å²) in [7, 11) is 0. The van der Waals surface area contributed by atoms with E-state index >= 15 is 0 Å². The Morgan fingerprint density at radius 3 is 1.87 bits per heavy atom. The van der Waals surface area contributed by atoms with Gasteiger partial charge in [-0.3, -0.25) is 9.59 Å². The van der Waals surface area contributed by atoms with E-state index in [1.807, 2.05) is 38.1 Å². The molecule has 3 aromatic rings. The van der Waals surface area contributed by atoms with Gasteiger partial charge in [-0.05, 0) is 44.0 Å². The van der Waals surface area contributed by atoms with Crippen molar-refractivity contribution in [2.24, 2.45) is 0 Å². The van der Waals surface area contributed by atoms with Crippen LogP contribution in [0.25, 0.3) is 0 Å². The van der Waals surface area contributed by atoms with Crippen LogP contribution in [0.3, 0.4) is 0 Å². The predicted octanol–water partition coefficient (Wildman–Crippen LogP) is 4.72. The highest BCUT2D eigenvalue weighted by Crippen LogP contribution is 2.20. The molecule has 3 aromatic carbocycles. The van der Waals surface area contributed by atoms with E-state index in [0.29, 0.717) is 16.8 Å². The van der Waals surface area contributed by atoms with Crippen LogP contribution < -0.4 is 5.32 Å². The molecule has 0 bridgehead atoms. The van der Waals surface area contributed by atoms with Gasteiger partial charge in [0.25, 0.3) is 5.91 Å². The van der Waals surface area contributed by atoms with E-state index in [9.17, 15) is 14.4 Å². The van der Waals surface area contributed by atoms with E-state index in [4.69, 9.17) is 4.74 Å². The molecule has 0 heterocycles. The van der Waals surface area contributed by atoms with E-state index in [0.717, 1.165) is 11.1 Å². The zero-order valence-electron chi connectivity index (χ0n) is 17.1. The van der Waals surface area contributed by atoms with Crippen LogP contribution in [0.15, 0.2) is 72.8 Å². The van der Waals surface area contributed by atoms with Crippen LogP contribution in [0, 0.1) is 13.8 Å². The summed E-state index contributed by atoms with van der Waals surface area (Å²) < 4.78 is 5.30. The Labute approximate surface area is 175 Å². The zero-order chi connectivity index (χ0) is 21.7. The molecule has 0 aliphatic carbocycles. The van der Waals surface area contributed by atoms with Gasteiger partial charge in [-0.15, -0.1) is 0 Å². The molecule has 0 fully saturated rings. The molecular formula is C25H23NO4. The third-order valence-electron chi connectivity index (χ3n) is 4.80. The lowest BCUT2D eigenvalue weighted by molar-refractivity contribution is -0.123. The Bertz CT molecular complexity index is 1050. The lowest BCUT2D eigenvalue weighted by atomic mass is 10.0. The Balaban J connectivity index is 1.64. The van der Waals surface area contributed by atoms with Crippen LogP contribution in [0.2, 0.25) is 0 Å². The van der Waals surface area contributed by atoms with Gasteiger partial charge in [0.1, 0.15) is 0 Å². The number of ether oxygens (including phenoxy) is 1. The van der Waals surface area contributed by atoms with Crippen molar-refractivity contribution < 1.29 is 19.1 Å². The van der Waals surface area contributed by atoms with Crippen molar-refractivity contribution in [3.63, 3.8) is 0 Å². The second kappa shape index (κ2) is 9.18. The number of anilines is 1. The number of esters is 1. The number of para-hydroxylation sites is 1. The molecule has 30 heavy (non-hydrogen) atoms. The molecule has 5 nitrogen and oxygen atoms in total. The minimum Gasteiger partial charge on any atom is -0.449 e. The van der Waals surface area contributed by atoms with Crippen molar-refractivity contribution >= 4 is 23.3 Å². The van der Waals surface area contributed by atoms with Gasteiger partial charge in [0.05, 0.1) is 5.56 Å². The van der Waals surface area contributed by atoms with Gasteiger partial charge in [-0.25, -0.2) is 4.79 Å². The minimum atomic E-state index is -0.970. The third-order valence-corrected chi connectivity index (χ3v) is 4.80. The van der Waals surface area contributed by atoms with E-state index in [1.165, 1.54) is 19.1 Å². The van der Waals surface area contributed by atoms with Crippen LogP contribution in [-0.2, 0) is 9.53 Å². The first kappa shape index (κ1) is 21.0. The van der Waals surface area contributed by atoms with Gasteiger partial charge < -0.3 is 10.1 Å². The fourth-order valence-corrected chi connectivity index (χ4v) is 3.03. The number of carbonyl (C=O) groups is 3. The van der Waals surface area contributed by atoms with E-state index in [-0.39, 0.29) is 11.3 Å². The molecule has 0 radical (unpaired) electrons. The van der Waals surface area contributed by atoms with Crippen molar-refractivity contribution in [2.75, 3.05) is 5.32 Å². The molecule has 1 amide bonds. The van der Waals surface area contributed by atoms with Crippen molar-refractivity contribution in [2.45, 2.75) is 26.9 Å². The minimum absolute atomic E-state index is 0.128. The monoisotopic (exact) mass is 401 g/mol. The lowest BCUT2D eigenvalue weighted by Crippen LogP contribution is -2.30. The second-order valence-corrected chi connectivity index (χ2v) is 7.08. The summed E-state index contributed by atoms with van der Waals surface area (Å²) >= 11 is 0. The van der Waals surface area contributed by atoms with Gasteiger partial charge >= 0.3 is 5.97 Å². The largest absolute Gasteiger partial charge is 0.449 e. The Morgan fingerprint density at radius 2 is 1.27 bits per heavy atom. The Kier molecular flexibility index (Phi) is 6.42. The van der Waals surface area contributed by atoms with Crippen molar-refractivity contribution in [3.8, 4) is 0 Å². The van der Waals surface area contributed by atoms with Crippen LogP contribution >= 0.6 is 0 Å². The number of amides is 1. The maximum Gasteiger partial charge on any atom is 0.338 e. The number of ketones is 1. The van der Waals surface area contributed by atoms with Gasteiger partial charge in [0.2, 0.25) is 0 Å². The molecule has 1 atom stereocenters. The summed E-state index contributed by atoms with van der Waals surface area (Å²) in [6, 6.07) is 20.8. The number of benzene rings is 3. The molecule has 0 aromatic heterocycles. The normalized spacial score (nSPS) is 11.4.